The highest BCUT2D eigenvalue weighted by molar-refractivity contribution is 9.10. The van der Waals surface area contributed by atoms with Crippen molar-refractivity contribution in [1.29, 1.82) is 0 Å². The highest BCUT2D eigenvalue weighted by Crippen LogP contribution is 2.24. The van der Waals surface area contributed by atoms with E-state index in [0.717, 1.165) is 11.4 Å². The molecule has 0 atom stereocenters. The van der Waals surface area contributed by atoms with Gasteiger partial charge in [-0.05, 0) is 54.0 Å². The number of nitrogens with one attached hydrogen (secondary N) is 1. The molecule has 0 fully saturated rings. The topological polar surface area (TPSA) is 55.6 Å². The Bertz CT molecular complexity index is 880. The first-order chi connectivity index (χ1) is 10.9. The Morgan fingerprint density at radius 2 is 2.04 bits per heavy atom. The fraction of sp³-hybridized carbons (Fsp3) is 0.133. The van der Waals surface area contributed by atoms with E-state index in [1.165, 1.54) is 12.1 Å². The molecule has 0 saturated heterocycles. The molecule has 1 N–H and O–H groups in total. The molecule has 118 valence electrons. The summed E-state index contributed by atoms with van der Waals surface area (Å²) in [5.41, 5.74) is 2.45. The van der Waals surface area contributed by atoms with Crippen LogP contribution in [0.3, 0.4) is 0 Å². The number of nitrogens with zero attached hydrogens (tertiary/aromatic N) is 4. The van der Waals surface area contributed by atoms with E-state index in [1.54, 1.807) is 16.9 Å². The summed E-state index contributed by atoms with van der Waals surface area (Å²) in [6, 6.07) is 6.29. The van der Waals surface area contributed by atoms with Crippen LogP contribution in [0, 0.1) is 19.7 Å². The van der Waals surface area contributed by atoms with E-state index in [4.69, 9.17) is 11.6 Å². The molecule has 5 nitrogen and oxygen atoms in total. The van der Waals surface area contributed by atoms with Crippen molar-refractivity contribution in [3.8, 4) is 5.82 Å². The van der Waals surface area contributed by atoms with E-state index < -0.39 is 5.82 Å². The summed E-state index contributed by atoms with van der Waals surface area (Å²) >= 11 is 9.21. The molecule has 0 unspecified atom stereocenters. The van der Waals surface area contributed by atoms with Gasteiger partial charge in [-0.1, -0.05) is 11.6 Å². The molecule has 1 aromatic carbocycles. The number of rotatable bonds is 3. The third-order valence-corrected chi connectivity index (χ3v) is 3.96. The van der Waals surface area contributed by atoms with Crippen molar-refractivity contribution < 1.29 is 4.39 Å². The number of hydrogen-bond acceptors (Lipinski definition) is 4. The second-order valence-electron chi connectivity index (χ2n) is 4.96. The molecular formula is C15H12BrClFN5. The van der Waals surface area contributed by atoms with Crippen LogP contribution in [0.1, 0.15) is 11.4 Å². The third kappa shape index (κ3) is 3.35. The van der Waals surface area contributed by atoms with Gasteiger partial charge in [-0.15, -0.1) is 0 Å². The Kier molecular flexibility index (Phi) is 4.32. The van der Waals surface area contributed by atoms with Crippen molar-refractivity contribution in [2.24, 2.45) is 0 Å². The number of aryl methyl sites for hydroxylation is 2. The molecule has 3 rings (SSSR count). The van der Waals surface area contributed by atoms with Gasteiger partial charge in [0, 0.05) is 17.6 Å². The smallest absolute Gasteiger partial charge is 0.229 e. The summed E-state index contributed by atoms with van der Waals surface area (Å²) in [5.74, 6) is 0.497. The minimum absolute atomic E-state index is 0.0332. The van der Waals surface area contributed by atoms with Gasteiger partial charge in [0.25, 0.3) is 0 Å². The van der Waals surface area contributed by atoms with Crippen molar-refractivity contribution in [3.63, 3.8) is 0 Å². The van der Waals surface area contributed by atoms with E-state index in [1.807, 2.05) is 19.9 Å². The van der Waals surface area contributed by atoms with Gasteiger partial charge in [-0.3, -0.25) is 0 Å². The molecule has 0 bridgehead atoms. The van der Waals surface area contributed by atoms with Gasteiger partial charge in [0.2, 0.25) is 5.95 Å². The molecule has 0 saturated carbocycles. The minimum Gasteiger partial charge on any atom is -0.324 e. The first kappa shape index (κ1) is 15.9. The number of anilines is 2. The molecule has 0 amide bonds. The molecule has 0 radical (unpaired) electrons. The monoisotopic (exact) mass is 395 g/mol. The molecular weight excluding hydrogens is 385 g/mol. The zero-order valence-electron chi connectivity index (χ0n) is 12.3. The van der Waals surface area contributed by atoms with Crippen LogP contribution in [0.15, 0.2) is 34.9 Å². The van der Waals surface area contributed by atoms with Gasteiger partial charge < -0.3 is 5.32 Å². The van der Waals surface area contributed by atoms with Crippen LogP contribution in [0.4, 0.5) is 16.0 Å². The second kappa shape index (κ2) is 6.25. The average Bonchev–Trinajstić information content (AvgIpc) is 2.83. The van der Waals surface area contributed by atoms with Gasteiger partial charge in [-0.25, -0.2) is 14.1 Å². The number of benzene rings is 1. The zero-order valence-corrected chi connectivity index (χ0v) is 14.7. The standard InChI is InChI=1S/C15H12BrClFN5/c1-8-5-9(2)23(22-8)14-11(16)7-19-15(21-14)20-10-3-4-13(18)12(17)6-10/h3-7H,1-2H3,(H,19,20,21). The van der Waals surface area contributed by atoms with Gasteiger partial charge >= 0.3 is 0 Å². The Labute approximate surface area is 145 Å². The normalized spacial score (nSPS) is 10.8. The van der Waals surface area contributed by atoms with Gasteiger partial charge in [0.1, 0.15) is 5.82 Å². The largest absolute Gasteiger partial charge is 0.324 e. The maximum atomic E-state index is 13.2. The second-order valence-corrected chi connectivity index (χ2v) is 6.22. The lowest BCUT2D eigenvalue weighted by Crippen LogP contribution is -2.06. The fourth-order valence-corrected chi connectivity index (χ4v) is 2.65. The van der Waals surface area contributed by atoms with Gasteiger partial charge in [0.15, 0.2) is 5.82 Å². The fourth-order valence-electron chi connectivity index (χ4n) is 2.11. The first-order valence-corrected chi connectivity index (χ1v) is 7.89. The number of halogens is 3. The third-order valence-electron chi connectivity index (χ3n) is 3.11. The minimum atomic E-state index is -0.475. The highest BCUT2D eigenvalue weighted by atomic mass is 79.9. The maximum absolute atomic E-state index is 13.2. The van der Waals surface area contributed by atoms with Crippen molar-refractivity contribution in [1.82, 2.24) is 19.7 Å². The maximum Gasteiger partial charge on any atom is 0.229 e. The quantitative estimate of drug-likeness (QED) is 0.704. The Balaban J connectivity index is 1.97. The highest BCUT2D eigenvalue weighted by Gasteiger charge is 2.12. The van der Waals surface area contributed by atoms with Crippen molar-refractivity contribution >= 4 is 39.2 Å². The van der Waals surface area contributed by atoms with Gasteiger partial charge in [0.05, 0.1) is 15.2 Å². The van der Waals surface area contributed by atoms with E-state index >= 15 is 0 Å². The molecule has 0 aliphatic heterocycles. The van der Waals surface area contributed by atoms with E-state index in [2.05, 4.69) is 36.3 Å². The van der Waals surface area contributed by atoms with Crippen molar-refractivity contribution in [2.75, 3.05) is 5.32 Å². The lowest BCUT2D eigenvalue weighted by Gasteiger charge is -2.10. The summed E-state index contributed by atoms with van der Waals surface area (Å²) in [5, 5.41) is 7.45. The molecule has 3 aromatic rings. The average molecular weight is 397 g/mol. The Morgan fingerprint density at radius 1 is 1.26 bits per heavy atom. The van der Waals surface area contributed by atoms with Crippen LogP contribution < -0.4 is 5.32 Å². The van der Waals surface area contributed by atoms with Crippen LogP contribution in [-0.4, -0.2) is 19.7 Å². The molecule has 0 aliphatic rings. The Morgan fingerprint density at radius 3 is 2.70 bits per heavy atom. The summed E-state index contributed by atoms with van der Waals surface area (Å²) in [6.45, 7) is 3.86. The lowest BCUT2D eigenvalue weighted by atomic mass is 10.3. The van der Waals surface area contributed by atoms with E-state index in [9.17, 15) is 4.39 Å². The summed E-state index contributed by atoms with van der Waals surface area (Å²) in [7, 11) is 0. The zero-order chi connectivity index (χ0) is 16.6. The SMILES string of the molecule is Cc1cc(C)n(-c2nc(Nc3ccc(F)c(Cl)c3)ncc2Br)n1. The lowest BCUT2D eigenvalue weighted by molar-refractivity contribution is 0.628. The van der Waals surface area contributed by atoms with E-state index in [-0.39, 0.29) is 5.02 Å². The van der Waals surface area contributed by atoms with Crippen LogP contribution >= 0.6 is 27.5 Å². The predicted molar refractivity (Wildman–Crippen MR) is 91.0 cm³/mol. The van der Waals surface area contributed by atoms with Gasteiger partial charge in [-0.2, -0.15) is 10.1 Å². The molecule has 23 heavy (non-hydrogen) atoms. The molecule has 0 aliphatic carbocycles. The molecule has 0 spiro atoms. The summed E-state index contributed by atoms with van der Waals surface area (Å²) < 4.78 is 15.7. The van der Waals surface area contributed by atoms with E-state index in [0.29, 0.717) is 21.9 Å². The number of aromatic nitrogens is 4. The first-order valence-electron chi connectivity index (χ1n) is 6.72. The Hall–Kier alpha value is -1.99. The van der Waals surface area contributed by atoms with Crippen LogP contribution in [0.25, 0.3) is 5.82 Å². The van der Waals surface area contributed by atoms with Crippen molar-refractivity contribution in [3.05, 3.63) is 57.2 Å². The molecule has 2 heterocycles. The van der Waals surface area contributed by atoms with Crippen LogP contribution in [0.2, 0.25) is 5.02 Å². The predicted octanol–water partition coefficient (Wildman–Crippen LogP) is 4.58. The van der Waals surface area contributed by atoms with Crippen LogP contribution in [-0.2, 0) is 0 Å². The molecule has 8 heteroatoms. The summed E-state index contributed by atoms with van der Waals surface area (Å²) in [4.78, 5) is 8.66. The number of hydrogen-bond donors (Lipinski definition) is 1. The molecule has 2 aromatic heterocycles. The van der Waals surface area contributed by atoms with Crippen LogP contribution in [0.5, 0.6) is 0 Å². The van der Waals surface area contributed by atoms with Crippen molar-refractivity contribution in [2.45, 2.75) is 13.8 Å². The summed E-state index contributed by atoms with van der Waals surface area (Å²) in [6.07, 6.45) is 1.63.